The molecule has 3 nitrogen and oxygen atoms in total. The Hall–Kier alpha value is -0.480. The van der Waals surface area contributed by atoms with Gasteiger partial charge in [0.1, 0.15) is 0 Å². The molecule has 0 unspecified atom stereocenters. The first kappa shape index (κ1) is 5.29. The van der Waals surface area contributed by atoms with Crippen LogP contribution in [-0.2, 0) is 10.0 Å². The van der Waals surface area contributed by atoms with Crippen molar-refractivity contribution in [2.75, 3.05) is 0 Å². The molecule has 68 valence electrons. The zero-order valence-electron chi connectivity index (χ0n) is 10.5. The van der Waals surface area contributed by atoms with E-state index in [1.54, 1.807) is 0 Å². The Labute approximate surface area is 82.6 Å². The van der Waals surface area contributed by atoms with Gasteiger partial charge in [0.2, 0.25) is 0 Å². The molecule has 1 aromatic heterocycles. The minimum atomic E-state index is -4.17. The summed E-state index contributed by atoms with van der Waals surface area (Å²) < 4.78 is 51.7. The van der Waals surface area contributed by atoms with Gasteiger partial charge in [0.05, 0.1) is 5.48 Å². The fourth-order valence-corrected chi connectivity index (χ4v) is 1.50. The van der Waals surface area contributed by atoms with Crippen LogP contribution in [0.1, 0.15) is 19.3 Å². The molecule has 0 aliphatic rings. The number of nitrogens with zero attached hydrogens (tertiary/aromatic N) is 1. The van der Waals surface area contributed by atoms with Crippen molar-refractivity contribution in [3.05, 3.63) is 24.4 Å². The number of rotatable bonds is 2. The molecule has 0 bridgehead atoms. The van der Waals surface area contributed by atoms with Crippen LogP contribution in [0.2, 0.25) is 0 Å². The Kier molecular flexibility index (Phi) is 1.23. The van der Waals surface area contributed by atoms with E-state index in [1.807, 2.05) is 0 Å². The maximum atomic E-state index is 11.9. The summed E-state index contributed by atoms with van der Waals surface area (Å²) in [7, 11) is -4.17. The van der Waals surface area contributed by atoms with E-state index in [4.69, 9.17) is 17.1 Å². The first-order valence-electron chi connectivity index (χ1n) is 5.11. The second-order valence-corrected chi connectivity index (χ2v) is 6.11. The lowest BCUT2D eigenvalue weighted by molar-refractivity contribution is 0.572. The first-order valence-corrected chi connectivity index (χ1v) is 4.92. The molecule has 1 aromatic rings. The van der Waals surface area contributed by atoms with Gasteiger partial charge in [-0.3, -0.25) is 3.97 Å². The highest BCUT2D eigenvalue weighted by molar-refractivity contribution is 7.92. The van der Waals surface area contributed by atoms with Crippen LogP contribution in [0.4, 0.5) is 0 Å². The van der Waals surface area contributed by atoms with Crippen molar-refractivity contribution in [2.45, 2.75) is 18.1 Å². The molecular formula is C7H10ClNO2S. The molecule has 0 aromatic carbocycles. The predicted octanol–water partition coefficient (Wildman–Crippen LogP) is 1.64. The molecule has 12 heavy (non-hydrogen) atoms. The summed E-state index contributed by atoms with van der Waals surface area (Å²) in [5.74, 6) is 0. The lowest BCUT2D eigenvalue weighted by Crippen LogP contribution is -2.30. The lowest BCUT2D eigenvalue weighted by atomic mass is 10.6. The normalized spacial score (nSPS) is 17.9. The van der Waals surface area contributed by atoms with Crippen LogP contribution < -0.4 is 0 Å². The largest absolute Gasteiger partial charge is 0.257 e. The van der Waals surface area contributed by atoms with Crippen LogP contribution in [0.5, 0.6) is 0 Å². The molecule has 0 aliphatic heterocycles. The number of hydrogen-bond acceptors (Lipinski definition) is 2. The van der Waals surface area contributed by atoms with E-state index in [9.17, 15) is 8.42 Å². The fourth-order valence-electron chi connectivity index (χ4n) is 0.523. The van der Waals surface area contributed by atoms with E-state index in [-0.39, 0.29) is 0 Å². The van der Waals surface area contributed by atoms with Crippen LogP contribution >= 0.6 is 11.6 Å². The zero-order valence-corrected chi connectivity index (χ0v) is 8.12. The Morgan fingerprint density at radius 1 is 1.42 bits per heavy atom. The Bertz CT molecular complexity index is 506. The third-order valence-electron chi connectivity index (χ3n) is 1.23. The zero-order chi connectivity index (χ0) is 12.9. The molecule has 1 rings (SSSR count). The summed E-state index contributed by atoms with van der Waals surface area (Å²) in [6, 6.07) is -1.20. The van der Waals surface area contributed by atoms with Gasteiger partial charge in [0.15, 0.2) is 4.21 Å². The average molecular weight is 212 g/mol. The minimum absolute atomic E-state index is 0.310. The van der Waals surface area contributed by atoms with Crippen LogP contribution in [0.25, 0.3) is 0 Å². The van der Waals surface area contributed by atoms with Crippen molar-refractivity contribution in [1.29, 1.82) is 0 Å². The van der Waals surface area contributed by atoms with Gasteiger partial charge in [-0.2, -0.15) is 0 Å². The predicted molar refractivity (Wildman–Crippen MR) is 48.7 cm³/mol. The molecule has 0 fully saturated rings. The van der Waals surface area contributed by atoms with Gasteiger partial charge in [0, 0.05) is 12.3 Å². The summed E-state index contributed by atoms with van der Waals surface area (Å²) in [6.07, 6.45) is -1.44. The van der Waals surface area contributed by atoms with Gasteiger partial charge in [0.25, 0.3) is 10.0 Å². The lowest BCUT2D eigenvalue weighted by Gasteiger charge is -2.17. The van der Waals surface area contributed by atoms with Gasteiger partial charge < -0.3 is 0 Å². The molecule has 0 spiro atoms. The Morgan fingerprint density at radius 3 is 2.17 bits per heavy atom. The van der Waals surface area contributed by atoms with Crippen molar-refractivity contribution >= 4 is 21.6 Å². The molecule has 0 atom stereocenters. The van der Waals surface area contributed by atoms with E-state index in [0.29, 0.717) is 3.97 Å². The highest BCUT2D eigenvalue weighted by Crippen LogP contribution is 2.23. The average Bonchev–Trinajstić information content (AvgIpc) is 2.29. The van der Waals surface area contributed by atoms with Gasteiger partial charge in [-0.15, -0.1) is 11.6 Å². The topological polar surface area (TPSA) is 39.1 Å². The van der Waals surface area contributed by atoms with Gasteiger partial charge in [-0.05, 0) is 25.9 Å². The van der Waals surface area contributed by atoms with E-state index >= 15 is 0 Å². The Balaban J connectivity index is 3.66. The molecule has 0 radical (unpaired) electrons. The summed E-state index contributed by atoms with van der Waals surface area (Å²) in [6.45, 7) is 2.41. The third kappa shape index (κ3) is 1.49. The minimum Gasteiger partial charge on any atom is -0.252 e. The van der Waals surface area contributed by atoms with Crippen molar-refractivity contribution in [2.24, 2.45) is 0 Å². The van der Waals surface area contributed by atoms with Crippen molar-refractivity contribution in [3.8, 4) is 0 Å². The molecule has 0 N–H and O–H groups in total. The van der Waals surface area contributed by atoms with E-state index in [1.165, 1.54) is 13.8 Å². The molecule has 0 saturated heterocycles. The van der Waals surface area contributed by atoms with E-state index in [2.05, 4.69) is 0 Å². The summed E-state index contributed by atoms with van der Waals surface area (Å²) in [5.41, 5.74) is 0. The maximum Gasteiger partial charge on any atom is 0.257 e. The van der Waals surface area contributed by atoms with Gasteiger partial charge >= 0.3 is 0 Å². The van der Waals surface area contributed by atoms with Crippen molar-refractivity contribution in [1.82, 2.24) is 3.97 Å². The monoisotopic (exact) mass is 211 g/mol. The van der Waals surface area contributed by atoms with Crippen LogP contribution in [0.3, 0.4) is 0 Å². The van der Waals surface area contributed by atoms with E-state index in [0.717, 1.165) is 0 Å². The molecule has 0 saturated carbocycles. The third-order valence-corrected chi connectivity index (χ3v) is 3.71. The number of halogens is 1. The van der Waals surface area contributed by atoms with Crippen LogP contribution in [-0.4, -0.2) is 16.6 Å². The highest BCUT2D eigenvalue weighted by Gasteiger charge is 2.32. The fraction of sp³-hybridized carbons (Fsp3) is 0.429. The second kappa shape index (κ2) is 2.78. The highest BCUT2D eigenvalue weighted by atomic mass is 35.5. The number of alkyl halides is 1. The SMILES string of the molecule is [2H]c1c([2H])c([2H])n(S(=O)(=O)C(C)(C)Cl)c1[2H]. The van der Waals surface area contributed by atoms with Crippen LogP contribution in [0.15, 0.2) is 24.4 Å². The van der Waals surface area contributed by atoms with Crippen molar-refractivity contribution < 1.29 is 13.9 Å². The van der Waals surface area contributed by atoms with Gasteiger partial charge in [-0.1, -0.05) is 0 Å². The molecule has 0 amide bonds. The summed E-state index contributed by atoms with van der Waals surface area (Å²) >= 11 is 5.67. The maximum absolute atomic E-state index is 11.9. The number of aromatic nitrogens is 1. The summed E-state index contributed by atoms with van der Waals surface area (Å²) in [4.78, 5) is 0. The number of hydrogen-bond donors (Lipinski definition) is 0. The van der Waals surface area contributed by atoms with Crippen LogP contribution in [0, 0.1) is 0 Å². The van der Waals surface area contributed by atoms with Gasteiger partial charge in [-0.25, -0.2) is 8.42 Å². The molecule has 0 aliphatic carbocycles. The quantitative estimate of drug-likeness (QED) is 0.698. The smallest absolute Gasteiger partial charge is 0.252 e. The molecule has 1 heterocycles. The standard InChI is InChI=1S/C7H10ClNO2S/c1-7(2,8)12(10,11)9-5-3-4-6-9/h3-6H,1-2H3/i3D,4D,5D,6D. The molecular weight excluding hydrogens is 198 g/mol. The van der Waals surface area contributed by atoms with E-state index < -0.39 is 38.7 Å². The molecule has 5 heteroatoms. The second-order valence-electron chi connectivity index (χ2n) is 2.61. The first-order chi connectivity index (χ1) is 7.01. The Morgan fingerprint density at radius 2 is 1.83 bits per heavy atom. The summed E-state index contributed by atoms with van der Waals surface area (Å²) in [5, 5.41) is 0. The van der Waals surface area contributed by atoms with Crippen molar-refractivity contribution in [3.63, 3.8) is 0 Å².